The fourth-order valence-corrected chi connectivity index (χ4v) is 7.33. The largest absolute Gasteiger partial charge is 0.213 e. The van der Waals surface area contributed by atoms with Gasteiger partial charge in [-0.2, -0.15) is 0 Å². The van der Waals surface area contributed by atoms with Crippen LogP contribution in [0.4, 0.5) is 0 Å². The number of hydrogen-bond donors (Lipinski definition) is 0. The fourth-order valence-electron chi connectivity index (χ4n) is 7.33. The maximum Gasteiger partial charge on any atom is 0.182 e. The molecule has 1 aromatic heterocycles. The van der Waals surface area contributed by atoms with E-state index in [9.17, 15) is 0 Å². The summed E-state index contributed by atoms with van der Waals surface area (Å²) >= 11 is 0. The summed E-state index contributed by atoms with van der Waals surface area (Å²) in [7, 11) is 0. The van der Waals surface area contributed by atoms with Crippen molar-refractivity contribution in [2.75, 3.05) is 0 Å². The molecule has 0 unspecified atom stereocenters. The number of rotatable bonds is 6. The monoisotopic (exact) mass is 675 g/mol. The predicted molar refractivity (Wildman–Crippen MR) is 221 cm³/mol. The molecule has 0 bridgehead atoms. The minimum Gasteiger partial charge on any atom is -0.213 e. The van der Waals surface area contributed by atoms with Crippen LogP contribution in [-0.4, -0.2) is 14.8 Å². The molecule has 10 aromatic rings. The van der Waals surface area contributed by atoms with Gasteiger partial charge >= 0.3 is 0 Å². The molecule has 3 nitrogen and oxygen atoms in total. The van der Waals surface area contributed by atoms with E-state index in [4.69, 9.17) is 10.1 Å². The summed E-state index contributed by atoms with van der Waals surface area (Å²) < 4.78 is 1.97. The molecule has 0 saturated heterocycles. The Morgan fingerprint density at radius 1 is 0.283 bits per heavy atom. The molecule has 0 amide bonds. The summed E-state index contributed by atoms with van der Waals surface area (Å²) in [5.74, 6) is 1.48. The highest BCUT2D eigenvalue weighted by Crippen LogP contribution is 2.32. The van der Waals surface area contributed by atoms with Crippen LogP contribution in [0.25, 0.3) is 94.2 Å². The molecule has 3 heteroatoms. The molecule has 248 valence electrons. The Morgan fingerprint density at radius 2 is 0.623 bits per heavy atom. The molecular weight excluding hydrogens is 643 g/mol. The minimum absolute atomic E-state index is 0.683. The Kier molecular flexibility index (Phi) is 7.47. The van der Waals surface area contributed by atoms with Gasteiger partial charge in [-0.15, -0.1) is 5.10 Å². The summed E-state index contributed by atoms with van der Waals surface area (Å²) in [6.07, 6.45) is 0. The third-order valence-corrected chi connectivity index (χ3v) is 10.3. The van der Waals surface area contributed by atoms with E-state index in [1.165, 1.54) is 49.0 Å². The maximum absolute atomic E-state index is 5.18. The molecule has 0 fully saturated rings. The average molecular weight is 676 g/mol. The Labute approximate surface area is 308 Å². The van der Waals surface area contributed by atoms with Crippen molar-refractivity contribution in [3.05, 3.63) is 200 Å². The molecule has 0 saturated carbocycles. The highest BCUT2D eigenvalue weighted by molar-refractivity contribution is 5.89. The summed E-state index contributed by atoms with van der Waals surface area (Å²) in [6.45, 7) is 0. The molecular formula is C50H33N3. The third kappa shape index (κ3) is 5.85. The van der Waals surface area contributed by atoms with Crippen molar-refractivity contribution < 1.29 is 0 Å². The molecule has 0 atom stereocenters. The molecule has 0 aliphatic heterocycles. The second kappa shape index (κ2) is 12.9. The molecule has 0 radical (unpaired) electrons. The molecule has 1 heterocycles. The Balaban J connectivity index is 1.02. The normalized spacial score (nSPS) is 11.4. The first-order chi connectivity index (χ1) is 26.2. The molecule has 53 heavy (non-hydrogen) atoms. The van der Waals surface area contributed by atoms with E-state index in [2.05, 4.69) is 200 Å². The first-order valence-corrected chi connectivity index (χ1v) is 18.0. The van der Waals surface area contributed by atoms with Gasteiger partial charge in [-0.25, -0.2) is 9.67 Å². The van der Waals surface area contributed by atoms with Crippen molar-refractivity contribution in [2.24, 2.45) is 0 Å². The van der Waals surface area contributed by atoms with Crippen LogP contribution >= 0.6 is 0 Å². The van der Waals surface area contributed by atoms with E-state index >= 15 is 0 Å². The van der Waals surface area contributed by atoms with Crippen molar-refractivity contribution in [1.29, 1.82) is 0 Å². The fraction of sp³-hybridized carbons (Fsp3) is 0. The summed E-state index contributed by atoms with van der Waals surface area (Å²) in [5.41, 5.74) is 9.96. The van der Waals surface area contributed by atoms with Crippen LogP contribution in [0.5, 0.6) is 0 Å². The van der Waals surface area contributed by atoms with Crippen LogP contribution in [0.15, 0.2) is 200 Å². The predicted octanol–water partition coefficient (Wildman–Crippen LogP) is 13.1. The van der Waals surface area contributed by atoms with Gasteiger partial charge in [-0.1, -0.05) is 170 Å². The lowest BCUT2D eigenvalue weighted by Gasteiger charge is -2.09. The molecule has 9 aromatic carbocycles. The Hall–Kier alpha value is -7.10. The lowest BCUT2D eigenvalue weighted by atomic mass is 10.00. The highest BCUT2D eigenvalue weighted by Gasteiger charge is 2.16. The zero-order valence-electron chi connectivity index (χ0n) is 28.9. The van der Waals surface area contributed by atoms with Gasteiger partial charge in [0.2, 0.25) is 0 Å². The van der Waals surface area contributed by atoms with Gasteiger partial charge in [-0.3, -0.25) is 0 Å². The van der Waals surface area contributed by atoms with Crippen LogP contribution in [0.3, 0.4) is 0 Å². The van der Waals surface area contributed by atoms with Crippen molar-refractivity contribution in [3.63, 3.8) is 0 Å². The SMILES string of the molecule is c1ccc2cc(-c3ccc(-c4nc(-c5ccc(-c6ccc7ccccc7c6)cc5)n(-c5ccc(-c6ccc7ccccc7c6)cc5)n4)cc3)ccc2c1. The van der Waals surface area contributed by atoms with E-state index in [1.54, 1.807) is 0 Å². The Morgan fingerprint density at radius 3 is 1.06 bits per heavy atom. The second-order valence-corrected chi connectivity index (χ2v) is 13.6. The highest BCUT2D eigenvalue weighted by atomic mass is 15.4. The van der Waals surface area contributed by atoms with Crippen molar-refractivity contribution >= 4 is 32.3 Å². The van der Waals surface area contributed by atoms with Gasteiger partial charge in [0.15, 0.2) is 11.6 Å². The van der Waals surface area contributed by atoms with Gasteiger partial charge in [0.1, 0.15) is 0 Å². The van der Waals surface area contributed by atoms with E-state index in [1.807, 2.05) is 4.68 Å². The van der Waals surface area contributed by atoms with Crippen molar-refractivity contribution in [3.8, 4) is 61.8 Å². The smallest absolute Gasteiger partial charge is 0.182 e. The Bertz CT molecular complexity index is 2780. The number of hydrogen-bond acceptors (Lipinski definition) is 2. The van der Waals surface area contributed by atoms with E-state index in [0.717, 1.165) is 39.3 Å². The zero-order chi connectivity index (χ0) is 35.1. The van der Waals surface area contributed by atoms with Crippen LogP contribution in [0.1, 0.15) is 0 Å². The first-order valence-electron chi connectivity index (χ1n) is 18.0. The average Bonchev–Trinajstić information content (AvgIpc) is 3.69. The van der Waals surface area contributed by atoms with Crippen LogP contribution in [-0.2, 0) is 0 Å². The molecule has 0 N–H and O–H groups in total. The van der Waals surface area contributed by atoms with E-state index in [0.29, 0.717) is 5.82 Å². The standard InChI is InChI=1S/C50H33N3/c1-4-10-42-31-45(24-17-34(42)7-1)37-13-20-40(21-14-37)49-51-50(41-22-15-38(16-23-41)46-25-18-35-8-2-5-11-43(35)32-46)53(52-49)48-29-27-39(28-30-48)47-26-19-36-9-3-6-12-44(36)33-47/h1-33H. The van der Waals surface area contributed by atoms with Crippen molar-refractivity contribution in [1.82, 2.24) is 14.8 Å². The van der Waals surface area contributed by atoms with Crippen molar-refractivity contribution in [2.45, 2.75) is 0 Å². The van der Waals surface area contributed by atoms with Gasteiger partial charge in [0.05, 0.1) is 5.69 Å². The van der Waals surface area contributed by atoms with E-state index in [-0.39, 0.29) is 0 Å². The van der Waals surface area contributed by atoms with E-state index < -0.39 is 0 Å². The first kappa shape index (κ1) is 30.7. The van der Waals surface area contributed by atoms with Gasteiger partial charge in [0.25, 0.3) is 0 Å². The van der Waals surface area contributed by atoms with Crippen LogP contribution in [0.2, 0.25) is 0 Å². The third-order valence-electron chi connectivity index (χ3n) is 10.3. The maximum atomic E-state index is 5.18. The minimum atomic E-state index is 0.683. The number of nitrogens with zero attached hydrogens (tertiary/aromatic N) is 3. The van der Waals surface area contributed by atoms with Gasteiger partial charge in [0, 0.05) is 11.1 Å². The number of aromatic nitrogens is 3. The van der Waals surface area contributed by atoms with Gasteiger partial charge < -0.3 is 0 Å². The molecule has 0 spiro atoms. The quantitative estimate of drug-likeness (QED) is 0.176. The lowest BCUT2D eigenvalue weighted by Crippen LogP contribution is -1.99. The molecule has 0 aliphatic carbocycles. The van der Waals surface area contributed by atoms with Crippen LogP contribution in [0, 0.1) is 0 Å². The van der Waals surface area contributed by atoms with Gasteiger partial charge in [-0.05, 0) is 96.0 Å². The lowest BCUT2D eigenvalue weighted by molar-refractivity contribution is 0.891. The summed E-state index contributed by atoms with van der Waals surface area (Å²) in [4.78, 5) is 5.18. The molecule has 10 rings (SSSR count). The van der Waals surface area contributed by atoms with Crippen LogP contribution < -0.4 is 0 Å². The molecule has 0 aliphatic rings. The number of benzene rings is 9. The number of fused-ring (bicyclic) bond motifs is 3. The summed E-state index contributed by atoms with van der Waals surface area (Å²) in [5, 5.41) is 12.6. The summed E-state index contributed by atoms with van der Waals surface area (Å²) in [6, 6.07) is 71.2. The second-order valence-electron chi connectivity index (χ2n) is 13.6. The topological polar surface area (TPSA) is 30.7 Å². The zero-order valence-corrected chi connectivity index (χ0v) is 28.9.